The highest BCUT2D eigenvalue weighted by Crippen LogP contribution is 2.30. The van der Waals surface area contributed by atoms with E-state index < -0.39 is 6.36 Å². The third-order valence-electron chi connectivity index (χ3n) is 4.87. The molecule has 2 aromatic carbocycles. The summed E-state index contributed by atoms with van der Waals surface area (Å²) >= 11 is 0. The molecule has 0 aromatic heterocycles. The molecular formula is C21H25F3N4O2. The quantitative estimate of drug-likeness (QED) is 0.518. The van der Waals surface area contributed by atoms with Crippen LogP contribution in [0.5, 0.6) is 11.5 Å². The molecule has 0 aliphatic carbocycles. The summed E-state index contributed by atoms with van der Waals surface area (Å²) in [7, 11) is 1.62. The van der Waals surface area contributed by atoms with Crippen LogP contribution in [0.3, 0.4) is 0 Å². The predicted octanol–water partition coefficient (Wildman–Crippen LogP) is 4.16. The van der Waals surface area contributed by atoms with Gasteiger partial charge in [0.05, 0.1) is 25.4 Å². The molecule has 1 aliphatic heterocycles. The van der Waals surface area contributed by atoms with Gasteiger partial charge in [0.2, 0.25) is 0 Å². The van der Waals surface area contributed by atoms with Crippen LogP contribution in [0.4, 0.5) is 18.9 Å². The van der Waals surface area contributed by atoms with Gasteiger partial charge < -0.3 is 20.5 Å². The number of aliphatic imine (C=N–C) groups is 1. The number of guanidine groups is 1. The third kappa shape index (κ3) is 6.03. The maximum atomic E-state index is 12.6. The Hall–Kier alpha value is -2.94. The summed E-state index contributed by atoms with van der Waals surface area (Å²) in [6.45, 7) is 2.26. The van der Waals surface area contributed by atoms with Gasteiger partial charge in [0.1, 0.15) is 5.75 Å². The minimum Gasteiger partial charge on any atom is -0.497 e. The highest BCUT2D eigenvalue weighted by Gasteiger charge is 2.32. The van der Waals surface area contributed by atoms with Crippen LogP contribution in [0.1, 0.15) is 24.4 Å². The van der Waals surface area contributed by atoms with E-state index in [-0.39, 0.29) is 23.4 Å². The first-order valence-electron chi connectivity index (χ1n) is 9.65. The molecule has 1 fully saturated rings. The van der Waals surface area contributed by atoms with E-state index in [1.807, 2.05) is 24.3 Å². The first-order valence-corrected chi connectivity index (χ1v) is 9.65. The maximum Gasteiger partial charge on any atom is 0.573 e. The summed E-state index contributed by atoms with van der Waals surface area (Å²) < 4.78 is 47.2. The molecule has 1 saturated heterocycles. The number of hydrogen-bond donors (Lipinski definition) is 2. The Morgan fingerprint density at radius 2 is 1.90 bits per heavy atom. The highest BCUT2D eigenvalue weighted by atomic mass is 19.4. The maximum absolute atomic E-state index is 12.6. The molecule has 9 heteroatoms. The lowest BCUT2D eigenvalue weighted by Gasteiger charge is -2.27. The summed E-state index contributed by atoms with van der Waals surface area (Å²) in [6, 6.07) is 13.5. The molecule has 0 bridgehead atoms. The number of methoxy groups -OCH3 is 1. The molecule has 3 N–H and O–H groups in total. The number of halogens is 3. The number of ether oxygens (including phenoxy) is 2. The fourth-order valence-electron chi connectivity index (χ4n) is 3.48. The Labute approximate surface area is 173 Å². The first-order chi connectivity index (χ1) is 14.4. The predicted molar refractivity (Wildman–Crippen MR) is 110 cm³/mol. The van der Waals surface area contributed by atoms with Crippen LogP contribution < -0.4 is 20.5 Å². The first kappa shape index (κ1) is 21.8. The number of likely N-dealkylation sites (tertiary alicyclic amines) is 1. The van der Waals surface area contributed by atoms with E-state index in [0.717, 1.165) is 37.2 Å². The van der Waals surface area contributed by atoms with Gasteiger partial charge in [-0.15, -0.1) is 13.2 Å². The zero-order chi connectivity index (χ0) is 21.6. The Morgan fingerprint density at radius 1 is 1.17 bits per heavy atom. The fourth-order valence-corrected chi connectivity index (χ4v) is 3.48. The van der Waals surface area contributed by atoms with E-state index in [2.05, 4.69) is 19.9 Å². The second kappa shape index (κ2) is 9.71. The topological polar surface area (TPSA) is 72.1 Å². The van der Waals surface area contributed by atoms with Gasteiger partial charge in [0.15, 0.2) is 11.7 Å². The molecule has 6 nitrogen and oxygen atoms in total. The van der Waals surface area contributed by atoms with E-state index in [9.17, 15) is 13.2 Å². The summed E-state index contributed by atoms with van der Waals surface area (Å²) in [4.78, 5) is 6.72. The van der Waals surface area contributed by atoms with Crippen LogP contribution in [0.25, 0.3) is 0 Å². The van der Waals surface area contributed by atoms with E-state index in [1.165, 1.54) is 18.2 Å². The van der Waals surface area contributed by atoms with Crippen molar-refractivity contribution in [1.29, 1.82) is 0 Å². The van der Waals surface area contributed by atoms with Gasteiger partial charge in [0, 0.05) is 0 Å². The van der Waals surface area contributed by atoms with Crippen molar-refractivity contribution in [2.24, 2.45) is 10.7 Å². The van der Waals surface area contributed by atoms with E-state index in [4.69, 9.17) is 10.5 Å². The normalized spacial score (nSPS) is 16.3. The molecule has 3 rings (SSSR count). The Bertz CT molecular complexity index is 867. The average molecular weight is 422 g/mol. The van der Waals surface area contributed by atoms with Crippen molar-refractivity contribution in [2.75, 3.05) is 32.1 Å². The van der Waals surface area contributed by atoms with Crippen LogP contribution in [0.2, 0.25) is 0 Å². The molecule has 2 aromatic rings. The molecule has 1 heterocycles. The summed E-state index contributed by atoms with van der Waals surface area (Å²) in [5.41, 5.74) is 7.12. The second-order valence-electron chi connectivity index (χ2n) is 6.93. The number of nitrogens with one attached hydrogen (secondary N) is 1. The van der Waals surface area contributed by atoms with Crippen molar-refractivity contribution in [2.45, 2.75) is 25.2 Å². The Morgan fingerprint density at radius 3 is 2.60 bits per heavy atom. The third-order valence-corrected chi connectivity index (χ3v) is 4.87. The van der Waals surface area contributed by atoms with Crippen LogP contribution in [0.15, 0.2) is 53.5 Å². The molecule has 30 heavy (non-hydrogen) atoms. The molecule has 0 amide bonds. The molecule has 0 radical (unpaired) electrons. The average Bonchev–Trinajstić information content (AvgIpc) is 3.23. The summed E-state index contributed by atoms with van der Waals surface area (Å²) in [6.07, 6.45) is -2.57. The molecule has 1 atom stereocenters. The molecule has 1 unspecified atom stereocenters. The van der Waals surface area contributed by atoms with Gasteiger partial charge in [-0.2, -0.15) is 0 Å². The van der Waals surface area contributed by atoms with Crippen LogP contribution in [-0.2, 0) is 0 Å². The van der Waals surface area contributed by atoms with Gasteiger partial charge in [0.25, 0.3) is 0 Å². The van der Waals surface area contributed by atoms with Gasteiger partial charge >= 0.3 is 6.36 Å². The number of alkyl halides is 3. The van der Waals surface area contributed by atoms with Crippen molar-refractivity contribution in [1.82, 2.24) is 4.90 Å². The van der Waals surface area contributed by atoms with Crippen LogP contribution in [-0.4, -0.2) is 44.0 Å². The van der Waals surface area contributed by atoms with Gasteiger partial charge in [-0.3, -0.25) is 9.89 Å². The highest BCUT2D eigenvalue weighted by molar-refractivity contribution is 5.93. The SMILES string of the molecule is COc1cccc(C(CN=C(N)Nc2ccccc2OC(F)(F)F)N2CCCC2)c1. The second-order valence-corrected chi connectivity index (χ2v) is 6.93. The number of rotatable bonds is 7. The zero-order valence-corrected chi connectivity index (χ0v) is 16.7. The smallest absolute Gasteiger partial charge is 0.497 e. The molecular weight excluding hydrogens is 397 g/mol. The largest absolute Gasteiger partial charge is 0.573 e. The Balaban J connectivity index is 1.76. The molecule has 162 valence electrons. The Kier molecular flexibility index (Phi) is 7.04. The number of nitrogens with two attached hydrogens (primary N) is 1. The van der Waals surface area contributed by atoms with Crippen LogP contribution >= 0.6 is 0 Å². The zero-order valence-electron chi connectivity index (χ0n) is 16.7. The van der Waals surface area contributed by atoms with Crippen molar-refractivity contribution in [3.63, 3.8) is 0 Å². The summed E-state index contributed by atoms with van der Waals surface area (Å²) in [5, 5.41) is 2.71. The van der Waals surface area contributed by atoms with E-state index in [0.29, 0.717) is 6.54 Å². The fraction of sp³-hybridized carbons (Fsp3) is 0.381. The van der Waals surface area contributed by atoms with Crippen molar-refractivity contribution < 1.29 is 22.6 Å². The van der Waals surface area contributed by atoms with E-state index >= 15 is 0 Å². The number of hydrogen-bond acceptors (Lipinski definition) is 4. The number of anilines is 1. The van der Waals surface area contributed by atoms with Gasteiger partial charge in [-0.05, 0) is 55.8 Å². The minimum atomic E-state index is -4.79. The molecule has 1 aliphatic rings. The molecule has 0 saturated carbocycles. The minimum absolute atomic E-state index is 0.00961. The monoisotopic (exact) mass is 422 g/mol. The molecule has 0 spiro atoms. The standard InChI is InChI=1S/C21H25F3N4O2/c1-29-16-8-6-7-15(13-16)18(28-11-4-5-12-28)14-26-20(25)27-17-9-2-3-10-19(17)30-21(22,23)24/h2-3,6-10,13,18H,4-5,11-12,14H2,1H3,(H3,25,26,27). The van der Waals surface area contributed by atoms with Crippen molar-refractivity contribution >= 4 is 11.6 Å². The lowest BCUT2D eigenvalue weighted by atomic mass is 10.1. The van der Waals surface area contributed by atoms with Crippen LogP contribution in [0, 0.1) is 0 Å². The van der Waals surface area contributed by atoms with Crippen molar-refractivity contribution in [3.05, 3.63) is 54.1 Å². The lowest BCUT2D eigenvalue weighted by Crippen LogP contribution is -2.30. The number of benzene rings is 2. The number of para-hydroxylation sites is 2. The van der Waals surface area contributed by atoms with E-state index in [1.54, 1.807) is 13.2 Å². The van der Waals surface area contributed by atoms with Crippen molar-refractivity contribution in [3.8, 4) is 11.5 Å². The van der Waals surface area contributed by atoms with Gasteiger partial charge in [-0.1, -0.05) is 24.3 Å². The summed E-state index contributed by atoms with van der Waals surface area (Å²) in [5.74, 6) is 0.400. The van der Waals surface area contributed by atoms with Gasteiger partial charge in [-0.25, -0.2) is 0 Å². The lowest BCUT2D eigenvalue weighted by molar-refractivity contribution is -0.274. The number of nitrogens with zero attached hydrogens (tertiary/aromatic N) is 2.